The van der Waals surface area contributed by atoms with E-state index in [4.69, 9.17) is 4.74 Å². The van der Waals surface area contributed by atoms with E-state index in [0.717, 1.165) is 17.1 Å². The van der Waals surface area contributed by atoms with Crippen molar-refractivity contribution in [1.82, 2.24) is 0 Å². The number of aromatic hydroxyl groups is 1. The zero-order valence-corrected chi connectivity index (χ0v) is 13.3. The Bertz CT molecular complexity index is 482. The summed E-state index contributed by atoms with van der Waals surface area (Å²) in [5.41, 5.74) is 2.09. The number of phenolic OH excluding ortho intramolecular Hbond substituents is 1. The van der Waals surface area contributed by atoms with Crippen LogP contribution in [0.2, 0.25) is 0 Å². The fourth-order valence-corrected chi connectivity index (χ4v) is 1.63. The first-order valence-electron chi connectivity index (χ1n) is 5.37. The van der Waals surface area contributed by atoms with E-state index in [0.29, 0.717) is 0 Å². The monoisotopic (exact) mass is 413 g/mol. The molecular weight excluding hydrogens is 398 g/mol. The molecule has 0 atom stereocenters. The van der Waals surface area contributed by atoms with Gasteiger partial charge in [0.1, 0.15) is 11.5 Å². The van der Waals surface area contributed by atoms with Crippen LogP contribution in [-0.4, -0.2) is 19.3 Å². The Kier molecular flexibility index (Phi) is 5.23. The molecule has 0 saturated heterocycles. The van der Waals surface area contributed by atoms with Gasteiger partial charge in [-0.05, 0) is 48.5 Å². The van der Waals surface area contributed by atoms with Crippen molar-refractivity contribution >= 4 is 11.4 Å². The van der Waals surface area contributed by atoms with Crippen molar-refractivity contribution in [3.8, 4) is 11.5 Å². The van der Waals surface area contributed by atoms with Gasteiger partial charge in [-0.2, -0.15) is 0 Å². The van der Waals surface area contributed by atoms with E-state index in [2.05, 4.69) is 0 Å². The van der Waals surface area contributed by atoms with Crippen molar-refractivity contribution in [2.24, 2.45) is 0 Å². The van der Waals surface area contributed by atoms with Gasteiger partial charge in [-0.1, -0.05) is 0 Å². The maximum atomic E-state index is 9.24. The van der Waals surface area contributed by atoms with E-state index in [-0.39, 0.29) is 26.8 Å². The minimum atomic E-state index is 0. The summed E-state index contributed by atoms with van der Waals surface area (Å²) in [6.07, 6.45) is 0. The average molecular weight is 413 g/mol. The smallest absolute Gasteiger partial charge is 0.119 e. The first-order chi connectivity index (χ1) is 8.20. The number of benzene rings is 2. The van der Waals surface area contributed by atoms with E-state index in [1.807, 2.05) is 48.3 Å². The average Bonchev–Trinajstić information content (AvgIpc) is 2.39. The van der Waals surface area contributed by atoms with Crippen molar-refractivity contribution < 1.29 is 30.9 Å². The van der Waals surface area contributed by atoms with Crippen LogP contribution < -0.4 is 9.64 Å². The van der Waals surface area contributed by atoms with Crippen molar-refractivity contribution in [1.29, 1.82) is 0 Å². The van der Waals surface area contributed by atoms with E-state index in [1.54, 1.807) is 19.2 Å². The van der Waals surface area contributed by atoms with Crippen molar-refractivity contribution in [2.45, 2.75) is 0 Å². The normalized spacial score (nSPS) is 9.44. The largest absolute Gasteiger partial charge is 0.508 e. The summed E-state index contributed by atoms with van der Waals surface area (Å²) in [7, 11) is 3.63. The summed E-state index contributed by atoms with van der Waals surface area (Å²) in [5.74, 6) is 1.12. The van der Waals surface area contributed by atoms with Crippen LogP contribution >= 0.6 is 0 Å². The zero-order chi connectivity index (χ0) is 12.3. The second-order valence-corrected chi connectivity index (χ2v) is 3.77. The Balaban J connectivity index is 0.00000162. The van der Waals surface area contributed by atoms with Crippen LogP contribution in [0.15, 0.2) is 48.5 Å². The summed E-state index contributed by atoms with van der Waals surface area (Å²) in [4.78, 5) is 2.04. The number of phenols is 1. The molecule has 0 aliphatic rings. The molecule has 0 bridgehead atoms. The molecule has 4 heteroatoms. The van der Waals surface area contributed by atoms with Crippen LogP contribution in [0.4, 0.5) is 11.4 Å². The molecule has 0 aromatic heterocycles. The molecule has 0 saturated carbocycles. The third-order valence-electron chi connectivity index (χ3n) is 2.70. The van der Waals surface area contributed by atoms with Crippen LogP contribution in [0.5, 0.6) is 11.5 Å². The van der Waals surface area contributed by atoms with Gasteiger partial charge in [-0.3, -0.25) is 0 Å². The van der Waals surface area contributed by atoms with Gasteiger partial charge in [0, 0.05) is 39.5 Å². The fourth-order valence-electron chi connectivity index (χ4n) is 1.63. The number of hydrogen-bond donors (Lipinski definition) is 1. The Morgan fingerprint density at radius 1 is 0.889 bits per heavy atom. The topological polar surface area (TPSA) is 32.7 Å². The molecule has 0 spiro atoms. The number of methoxy groups -OCH3 is 1. The summed E-state index contributed by atoms with van der Waals surface area (Å²) in [6.45, 7) is 0. The molecular formula is C14H15NO2W. The Morgan fingerprint density at radius 3 is 1.78 bits per heavy atom. The number of rotatable bonds is 3. The van der Waals surface area contributed by atoms with Gasteiger partial charge in [0.05, 0.1) is 7.11 Å². The Morgan fingerprint density at radius 2 is 1.33 bits per heavy atom. The van der Waals surface area contributed by atoms with E-state index in [9.17, 15) is 5.11 Å². The van der Waals surface area contributed by atoms with E-state index in [1.165, 1.54) is 0 Å². The van der Waals surface area contributed by atoms with Gasteiger partial charge in [0.15, 0.2) is 0 Å². The molecule has 18 heavy (non-hydrogen) atoms. The van der Waals surface area contributed by atoms with Crippen LogP contribution in [0.25, 0.3) is 0 Å². The maximum absolute atomic E-state index is 9.24. The molecule has 2 aromatic rings. The molecule has 0 aliphatic heterocycles. The van der Waals surface area contributed by atoms with Crippen LogP contribution in [0.1, 0.15) is 0 Å². The van der Waals surface area contributed by atoms with Gasteiger partial charge >= 0.3 is 0 Å². The Hall–Kier alpha value is -1.47. The van der Waals surface area contributed by atoms with Crippen molar-refractivity contribution in [3.63, 3.8) is 0 Å². The summed E-state index contributed by atoms with van der Waals surface area (Å²) in [6, 6.07) is 14.9. The molecule has 2 rings (SSSR count). The predicted molar refractivity (Wildman–Crippen MR) is 69.2 cm³/mol. The SMILES string of the molecule is COc1ccc(N(C)c2ccc(O)cc2)cc1.[W]. The first kappa shape index (κ1) is 14.6. The molecule has 3 nitrogen and oxygen atoms in total. The van der Waals surface area contributed by atoms with E-state index >= 15 is 0 Å². The quantitative estimate of drug-likeness (QED) is 0.840. The van der Waals surface area contributed by atoms with Gasteiger partial charge in [0.25, 0.3) is 0 Å². The minimum absolute atomic E-state index is 0. The summed E-state index contributed by atoms with van der Waals surface area (Å²) >= 11 is 0. The molecule has 0 heterocycles. The zero-order valence-electron chi connectivity index (χ0n) is 10.3. The number of anilines is 2. The molecule has 0 unspecified atom stereocenters. The standard InChI is InChI=1S/C14H15NO2.W/c1-15(11-3-7-13(16)8-4-11)12-5-9-14(17-2)10-6-12;/h3-10,16H,1-2H3;. The number of hydrogen-bond acceptors (Lipinski definition) is 3. The molecule has 2 aromatic carbocycles. The molecule has 1 N–H and O–H groups in total. The summed E-state index contributed by atoms with van der Waals surface area (Å²) < 4.78 is 5.12. The van der Waals surface area contributed by atoms with Crippen LogP contribution in [0, 0.1) is 0 Å². The second-order valence-electron chi connectivity index (χ2n) is 3.77. The van der Waals surface area contributed by atoms with Crippen LogP contribution in [-0.2, 0) is 21.1 Å². The molecule has 94 valence electrons. The molecule has 0 aliphatic carbocycles. The van der Waals surface area contributed by atoms with Gasteiger partial charge < -0.3 is 14.7 Å². The fraction of sp³-hybridized carbons (Fsp3) is 0.143. The van der Waals surface area contributed by atoms with E-state index < -0.39 is 0 Å². The third-order valence-corrected chi connectivity index (χ3v) is 2.70. The third kappa shape index (κ3) is 3.27. The van der Waals surface area contributed by atoms with Gasteiger partial charge in [-0.25, -0.2) is 0 Å². The van der Waals surface area contributed by atoms with Crippen molar-refractivity contribution in [2.75, 3.05) is 19.1 Å². The van der Waals surface area contributed by atoms with Crippen LogP contribution in [0.3, 0.4) is 0 Å². The summed E-state index contributed by atoms with van der Waals surface area (Å²) in [5, 5.41) is 9.24. The van der Waals surface area contributed by atoms with Gasteiger partial charge in [0.2, 0.25) is 0 Å². The predicted octanol–water partition coefficient (Wildman–Crippen LogP) is 3.17. The number of nitrogens with zero attached hydrogens (tertiary/aromatic N) is 1. The molecule has 0 amide bonds. The second kappa shape index (κ2) is 6.46. The Labute approximate surface area is 121 Å². The minimum Gasteiger partial charge on any atom is -0.508 e. The number of ether oxygens (including phenoxy) is 1. The molecule has 0 fully saturated rings. The first-order valence-corrected chi connectivity index (χ1v) is 5.37. The maximum Gasteiger partial charge on any atom is 0.119 e. The van der Waals surface area contributed by atoms with Gasteiger partial charge in [-0.15, -0.1) is 0 Å². The molecule has 0 radical (unpaired) electrons. The van der Waals surface area contributed by atoms with Crippen molar-refractivity contribution in [3.05, 3.63) is 48.5 Å².